The average Bonchev–Trinajstić information content (AvgIpc) is 2.42. The SMILES string of the molecule is CC(CCC(C)(C)C)NCC1(OCCO)CCC(F)(F)CC1. The summed E-state index contributed by atoms with van der Waals surface area (Å²) < 4.78 is 32.6. The summed E-state index contributed by atoms with van der Waals surface area (Å²) in [5, 5.41) is 12.4. The molecular formula is C17H33F2NO2. The number of hydrogen-bond donors (Lipinski definition) is 2. The van der Waals surface area contributed by atoms with Crippen LogP contribution in [0.2, 0.25) is 0 Å². The monoisotopic (exact) mass is 321 g/mol. The van der Waals surface area contributed by atoms with Crippen LogP contribution in [0, 0.1) is 5.41 Å². The molecule has 1 aliphatic carbocycles. The van der Waals surface area contributed by atoms with E-state index in [0.717, 1.165) is 12.8 Å². The van der Waals surface area contributed by atoms with E-state index >= 15 is 0 Å². The third-order valence-corrected chi connectivity index (χ3v) is 4.49. The van der Waals surface area contributed by atoms with Crippen LogP contribution in [-0.4, -0.2) is 42.4 Å². The van der Waals surface area contributed by atoms with E-state index in [0.29, 0.717) is 30.8 Å². The second-order valence-corrected chi connectivity index (χ2v) is 7.99. The third-order valence-electron chi connectivity index (χ3n) is 4.49. The zero-order chi connectivity index (χ0) is 16.9. The normalized spacial score (nSPS) is 22.5. The molecule has 0 spiro atoms. The molecule has 132 valence electrons. The van der Waals surface area contributed by atoms with Crippen molar-refractivity contribution in [3.63, 3.8) is 0 Å². The maximum absolute atomic E-state index is 13.4. The maximum atomic E-state index is 13.4. The lowest BCUT2D eigenvalue weighted by Gasteiger charge is -2.41. The van der Waals surface area contributed by atoms with E-state index in [4.69, 9.17) is 9.84 Å². The molecule has 1 unspecified atom stereocenters. The number of aliphatic hydroxyl groups is 1. The molecule has 1 saturated carbocycles. The minimum atomic E-state index is -2.57. The van der Waals surface area contributed by atoms with Gasteiger partial charge in [0.2, 0.25) is 5.92 Å². The van der Waals surface area contributed by atoms with Crippen LogP contribution in [0.4, 0.5) is 8.78 Å². The molecule has 1 fully saturated rings. The van der Waals surface area contributed by atoms with E-state index < -0.39 is 11.5 Å². The van der Waals surface area contributed by atoms with E-state index in [1.807, 2.05) is 0 Å². The molecule has 22 heavy (non-hydrogen) atoms. The van der Waals surface area contributed by atoms with Gasteiger partial charge in [-0.25, -0.2) is 8.78 Å². The molecule has 0 aromatic carbocycles. The van der Waals surface area contributed by atoms with Gasteiger partial charge in [0.25, 0.3) is 0 Å². The van der Waals surface area contributed by atoms with E-state index in [-0.39, 0.29) is 26.1 Å². The van der Waals surface area contributed by atoms with Gasteiger partial charge in [0.15, 0.2) is 0 Å². The van der Waals surface area contributed by atoms with Crippen LogP contribution in [0.5, 0.6) is 0 Å². The van der Waals surface area contributed by atoms with Gasteiger partial charge in [0.1, 0.15) is 0 Å². The molecule has 2 N–H and O–H groups in total. The second kappa shape index (κ2) is 8.02. The number of hydrogen-bond acceptors (Lipinski definition) is 3. The lowest BCUT2D eigenvalue weighted by molar-refractivity contribution is -0.135. The molecule has 1 aliphatic rings. The van der Waals surface area contributed by atoms with Gasteiger partial charge in [-0.05, 0) is 38.0 Å². The Morgan fingerprint density at radius 1 is 1.18 bits per heavy atom. The lowest BCUT2D eigenvalue weighted by atomic mass is 9.82. The zero-order valence-electron chi connectivity index (χ0n) is 14.6. The molecule has 0 heterocycles. The van der Waals surface area contributed by atoms with Crippen molar-refractivity contribution in [3.8, 4) is 0 Å². The zero-order valence-corrected chi connectivity index (χ0v) is 14.6. The summed E-state index contributed by atoms with van der Waals surface area (Å²) in [7, 11) is 0. The minimum absolute atomic E-state index is 0.0717. The fourth-order valence-electron chi connectivity index (χ4n) is 2.82. The van der Waals surface area contributed by atoms with Gasteiger partial charge in [-0.3, -0.25) is 0 Å². The molecular weight excluding hydrogens is 288 g/mol. The smallest absolute Gasteiger partial charge is 0.248 e. The van der Waals surface area contributed by atoms with Crippen LogP contribution in [0.3, 0.4) is 0 Å². The number of halogens is 2. The quantitative estimate of drug-likeness (QED) is 0.715. The van der Waals surface area contributed by atoms with Crippen LogP contribution in [-0.2, 0) is 4.74 Å². The van der Waals surface area contributed by atoms with Crippen molar-refractivity contribution >= 4 is 0 Å². The first-order valence-electron chi connectivity index (χ1n) is 8.44. The van der Waals surface area contributed by atoms with Gasteiger partial charge in [0.05, 0.1) is 18.8 Å². The van der Waals surface area contributed by atoms with Gasteiger partial charge < -0.3 is 15.2 Å². The highest BCUT2D eigenvalue weighted by Gasteiger charge is 2.44. The van der Waals surface area contributed by atoms with E-state index in [9.17, 15) is 8.78 Å². The van der Waals surface area contributed by atoms with Gasteiger partial charge in [0, 0.05) is 25.4 Å². The number of nitrogens with one attached hydrogen (secondary N) is 1. The first-order chi connectivity index (χ1) is 10.1. The van der Waals surface area contributed by atoms with Crippen molar-refractivity contribution in [2.75, 3.05) is 19.8 Å². The number of rotatable bonds is 8. The summed E-state index contributed by atoms with van der Waals surface area (Å²) in [5.41, 5.74) is -0.256. The van der Waals surface area contributed by atoms with E-state index in [2.05, 4.69) is 33.0 Å². The predicted octanol–water partition coefficient (Wildman–Crippen LogP) is 3.75. The molecule has 0 aromatic rings. The standard InChI is InChI=1S/C17H33F2NO2/c1-14(5-6-15(2,3)4)20-13-16(22-12-11-21)7-9-17(18,19)10-8-16/h14,20-21H,5-13H2,1-4H3. The Balaban J connectivity index is 2.48. The van der Waals surface area contributed by atoms with Gasteiger partial charge in [-0.15, -0.1) is 0 Å². The Morgan fingerprint density at radius 3 is 2.27 bits per heavy atom. The summed E-state index contributed by atoms with van der Waals surface area (Å²) in [4.78, 5) is 0. The summed E-state index contributed by atoms with van der Waals surface area (Å²) >= 11 is 0. The van der Waals surface area contributed by atoms with Crippen LogP contribution in [0.25, 0.3) is 0 Å². The number of alkyl halides is 2. The highest BCUT2D eigenvalue weighted by molar-refractivity contribution is 4.92. The Hall–Kier alpha value is -0.260. The van der Waals surface area contributed by atoms with Crippen LogP contribution >= 0.6 is 0 Å². The van der Waals surface area contributed by atoms with Crippen molar-refractivity contribution in [2.24, 2.45) is 5.41 Å². The number of ether oxygens (including phenoxy) is 1. The molecule has 0 aromatic heterocycles. The molecule has 1 rings (SSSR count). The van der Waals surface area contributed by atoms with Gasteiger partial charge in [-0.2, -0.15) is 0 Å². The van der Waals surface area contributed by atoms with Gasteiger partial charge >= 0.3 is 0 Å². The van der Waals surface area contributed by atoms with Crippen molar-refractivity contribution in [1.29, 1.82) is 0 Å². The van der Waals surface area contributed by atoms with Crippen LogP contribution in [0.15, 0.2) is 0 Å². The lowest BCUT2D eigenvalue weighted by Crippen LogP contribution is -2.50. The minimum Gasteiger partial charge on any atom is -0.394 e. The summed E-state index contributed by atoms with van der Waals surface area (Å²) in [6.07, 6.45) is 2.60. The Morgan fingerprint density at radius 2 is 1.77 bits per heavy atom. The van der Waals surface area contributed by atoms with Crippen molar-refractivity contribution < 1.29 is 18.6 Å². The van der Waals surface area contributed by atoms with Gasteiger partial charge in [-0.1, -0.05) is 20.8 Å². The van der Waals surface area contributed by atoms with Crippen LogP contribution < -0.4 is 5.32 Å². The predicted molar refractivity (Wildman–Crippen MR) is 85.3 cm³/mol. The van der Waals surface area contributed by atoms with Crippen molar-refractivity contribution in [2.45, 2.75) is 83.8 Å². The Labute approximate surface area is 133 Å². The van der Waals surface area contributed by atoms with Crippen LogP contribution in [0.1, 0.15) is 66.2 Å². The second-order valence-electron chi connectivity index (χ2n) is 7.99. The summed E-state index contributed by atoms with van der Waals surface area (Å²) in [6, 6.07) is 0.330. The highest BCUT2D eigenvalue weighted by atomic mass is 19.3. The Kier molecular flexibility index (Phi) is 7.21. The molecule has 0 aliphatic heterocycles. The molecule has 0 bridgehead atoms. The molecule has 3 nitrogen and oxygen atoms in total. The average molecular weight is 321 g/mol. The molecule has 0 amide bonds. The first-order valence-corrected chi connectivity index (χ1v) is 8.44. The topological polar surface area (TPSA) is 41.5 Å². The number of aliphatic hydroxyl groups excluding tert-OH is 1. The molecule has 1 atom stereocenters. The summed E-state index contributed by atoms with van der Waals surface area (Å²) in [6.45, 7) is 9.50. The molecule has 0 radical (unpaired) electrons. The fraction of sp³-hybridized carbons (Fsp3) is 1.00. The summed E-state index contributed by atoms with van der Waals surface area (Å²) in [5.74, 6) is -2.57. The van der Waals surface area contributed by atoms with E-state index in [1.165, 1.54) is 0 Å². The highest BCUT2D eigenvalue weighted by Crippen LogP contribution is 2.40. The molecule has 0 saturated heterocycles. The van der Waals surface area contributed by atoms with Crippen molar-refractivity contribution in [3.05, 3.63) is 0 Å². The third kappa shape index (κ3) is 7.34. The first kappa shape index (κ1) is 19.8. The van der Waals surface area contributed by atoms with E-state index in [1.54, 1.807) is 0 Å². The fourth-order valence-corrected chi connectivity index (χ4v) is 2.82. The largest absolute Gasteiger partial charge is 0.394 e. The van der Waals surface area contributed by atoms with Crippen molar-refractivity contribution in [1.82, 2.24) is 5.32 Å². The molecule has 5 heteroatoms. The maximum Gasteiger partial charge on any atom is 0.248 e. The Bertz CT molecular complexity index is 319.